The van der Waals surface area contributed by atoms with Gasteiger partial charge in [-0.25, -0.2) is 4.79 Å². The fraction of sp³-hybridized carbons (Fsp3) is 0.591. The largest absolute Gasteiger partial charge is 0.466 e. The molecule has 1 aromatic carbocycles. The molecule has 2 rings (SSSR count). The van der Waals surface area contributed by atoms with Gasteiger partial charge in [0, 0.05) is 31.8 Å². The van der Waals surface area contributed by atoms with Crippen molar-refractivity contribution in [2.45, 2.75) is 58.6 Å². The molecule has 1 saturated carbocycles. The van der Waals surface area contributed by atoms with E-state index in [1.54, 1.807) is 20.1 Å². The number of hydrogen-bond acceptors (Lipinski definition) is 6. The van der Waals surface area contributed by atoms with Gasteiger partial charge in [0.05, 0.1) is 18.1 Å². The predicted octanol–water partition coefficient (Wildman–Crippen LogP) is 4.59. The van der Waals surface area contributed by atoms with Crippen LogP contribution in [-0.2, 0) is 14.3 Å². The van der Waals surface area contributed by atoms with Gasteiger partial charge in [-0.15, -0.1) is 0 Å². The normalized spacial score (nSPS) is 19.9. The van der Waals surface area contributed by atoms with Crippen molar-refractivity contribution in [2.75, 3.05) is 25.7 Å². The van der Waals surface area contributed by atoms with Crippen molar-refractivity contribution < 1.29 is 19.2 Å². The number of carbonyl (C=O) groups excluding carboxylic acids is 1. The van der Waals surface area contributed by atoms with Crippen molar-refractivity contribution in [1.29, 1.82) is 0 Å². The van der Waals surface area contributed by atoms with Crippen molar-refractivity contribution >= 4 is 22.9 Å². The molecule has 0 saturated heterocycles. The zero-order chi connectivity index (χ0) is 21.6. The topological polar surface area (TPSA) is 81.9 Å². The van der Waals surface area contributed by atoms with Gasteiger partial charge in [0.15, 0.2) is 0 Å². The number of ether oxygens (including phenoxy) is 2. The predicted molar refractivity (Wildman–Crippen MR) is 114 cm³/mol. The highest BCUT2D eigenvalue weighted by atomic mass is 16.6. The molecule has 7 heteroatoms. The van der Waals surface area contributed by atoms with Crippen LogP contribution in [-0.4, -0.2) is 43.8 Å². The molecule has 1 aromatic rings. The number of nitrogens with zero attached hydrogens (tertiary/aromatic N) is 2. The van der Waals surface area contributed by atoms with E-state index < -0.39 is 5.97 Å². The average molecular weight is 405 g/mol. The molecule has 160 valence electrons. The summed E-state index contributed by atoms with van der Waals surface area (Å²) < 4.78 is 10.1. The van der Waals surface area contributed by atoms with Crippen LogP contribution in [0, 0.1) is 16.0 Å². The van der Waals surface area contributed by atoms with Gasteiger partial charge in [-0.1, -0.05) is 19.9 Å². The monoisotopic (exact) mass is 404 g/mol. The number of rotatable bonds is 8. The van der Waals surface area contributed by atoms with Crippen LogP contribution in [0.1, 0.15) is 52.0 Å². The molecule has 0 spiro atoms. The van der Waals surface area contributed by atoms with E-state index in [0.29, 0.717) is 22.7 Å². The SMILES string of the molecule is COC(=O)/C=C(\C)c1ccc(N(CC(C)C)C2CCC(OC)CC2)c([N+](=O)[O-])c1. The van der Waals surface area contributed by atoms with Gasteiger partial charge in [0.1, 0.15) is 5.69 Å². The summed E-state index contributed by atoms with van der Waals surface area (Å²) in [7, 11) is 3.05. The molecule has 0 aliphatic heterocycles. The molecule has 0 amide bonds. The number of carbonyl (C=O) groups is 1. The Kier molecular flexibility index (Phi) is 8.20. The van der Waals surface area contributed by atoms with E-state index in [4.69, 9.17) is 4.74 Å². The van der Waals surface area contributed by atoms with Gasteiger partial charge in [-0.05, 0) is 55.7 Å². The first-order valence-electron chi connectivity index (χ1n) is 10.1. The Morgan fingerprint density at radius 2 is 1.93 bits per heavy atom. The van der Waals surface area contributed by atoms with E-state index in [1.807, 2.05) is 12.1 Å². The van der Waals surface area contributed by atoms with Crippen LogP contribution in [0.3, 0.4) is 0 Å². The fourth-order valence-corrected chi connectivity index (χ4v) is 3.91. The summed E-state index contributed by atoms with van der Waals surface area (Å²) in [5.41, 5.74) is 1.97. The number of nitro groups is 1. The number of benzene rings is 1. The Bertz CT molecular complexity index is 752. The molecule has 29 heavy (non-hydrogen) atoms. The van der Waals surface area contributed by atoms with Crippen LogP contribution >= 0.6 is 0 Å². The highest BCUT2D eigenvalue weighted by Crippen LogP contribution is 2.36. The third kappa shape index (κ3) is 6.03. The highest BCUT2D eigenvalue weighted by molar-refractivity contribution is 5.91. The van der Waals surface area contributed by atoms with Gasteiger partial charge >= 0.3 is 5.97 Å². The van der Waals surface area contributed by atoms with Crippen LogP contribution in [0.2, 0.25) is 0 Å². The van der Waals surface area contributed by atoms with Crippen molar-refractivity contribution in [2.24, 2.45) is 5.92 Å². The second-order valence-corrected chi connectivity index (χ2v) is 8.02. The van der Waals surface area contributed by atoms with Crippen molar-refractivity contribution in [3.63, 3.8) is 0 Å². The molecule has 1 aliphatic carbocycles. The van der Waals surface area contributed by atoms with Crippen molar-refractivity contribution in [3.05, 3.63) is 40.0 Å². The van der Waals surface area contributed by atoms with E-state index in [0.717, 1.165) is 32.2 Å². The number of allylic oxidation sites excluding steroid dienone is 1. The number of anilines is 1. The van der Waals surface area contributed by atoms with Crippen LogP contribution in [0.4, 0.5) is 11.4 Å². The summed E-state index contributed by atoms with van der Waals surface area (Å²) in [6.45, 7) is 6.74. The molecule has 0 aromatic heterocycles. The number of esters is 1. The Morgan fingerprint density at radius 1 is 1.28 bits per heavy atom. The Morgan fingerprint density at radius 3 is 2.45 bits per heavy atom. The van der Waals surface area contributed by atoms with E-state index in [-0.39, 0.29) is 22.8 Å². The first-order chi connectivity index (χ1) is 13.8. The van der Waals surface area contributed by atoms with Gasteiger partial charge in [0.2, 0.25) is 0 Å². The lowest BCUT2D eigenvalue weighted by atomic mass is 9.90. The minimum atomic E-state index is -0.481. The highest BCUT2D eigenvalue weighted by Gasteiger charge is 2.30. The summed E-state index contributed by atoms with van der Waals surface area (Å²) >= 11 is 0. The quantitative estimate of drug-likeness (QED) is 0.273. The van der Waals surface area contributed by atoms with Gasteiger partial charge < -0.3 is 14.4 Å². The minimum Gasteiger partial charge on any atom is -0.466 e. The molecule has 0 atom stereocenters. The Labute approximate surface area is 172 Å². The fourth-order valence-electron chi connectivity index (χ4n) is 3.91. The average Bonchev–Trinajstić information content (AvgIpc) is 2.71. The lowest BCUT2D eigenvalue weighted by Gasteiger charge is -2.38. The molecule has 0 N–H and O–H groups in total. The first kappa shape index (κ1) is 22.9. The molecule has 0 bridgehead atoms. The standard InChI is InChI=1S/C22H32N2O5/c1-15(2)14-23(18-7-9-19(28-4)10-8-18)20-11-6-17(13-21(20)24(26)27)16(3)12-22(25)29-5/h6,11-13,15,18-19H,7-10,14H2,1-5H3/b16-12+. The third-order valence-corrected chi connectivity index (χ3v) is 5.45. The van der Waals surface area contributed by atoms with Gasteiger partial charge in [-0.3, -0.25) is 10.1 Å². The Hall–Kier alpha value is -2.41. The summed E-state index contributed by atoms with van der Waals surface area (Å²) in [6, 6.07) is 5.45. The van der Waals surface area contributed by atoms with Gasteiger partial charge in [0.25, 0.3) is 5.69 Å². The molecule has 0 radical (unpaired) electrons. The maximum Gasteiger partial charge on any atom is 0.330 e. The lowest BCUT2D eigenvalue weighted by molar-refractivity contribution is -0.384. The molecule has 0 unspecified atom stereocenters. The third-order valence-electron chi connectivity index (χ3n) is 5.45. The van der Waals surface area contributed by atoms with E-state index in [2.05, 4.69) is 23.5 Å². The van der Waals surface area contributed by atoms with Gasteiger partial charge in [-0.2, -0.15) is 0 Å². The van der Waals surface area contributed by atoms with Crippen LogP contribution in [0.25, 0.3) is 5.57 Å². The summed E-state index contributed by atoms with van der Waals surface area (Å²) in [6.07, 6.45) is 5.44. The summed E-state index contributed by atoms with van der Waals surface area (Å²) in [4.78, 5) is 25.3. The second kappa shape index (κ2) is 10.4. The smallest absolute Gasteiger partial charge is 0.330 e. The minimum absolute atomic E-state index is 0.0645. The summed E-state index contributed by atoms with van der Waals surface area (Å²) in [5, 5.41) is 11.9. The van der Waals surface area contributed by atoms with Crippen LogP contribution in [0.15, 0.2) is 24.3 Å². The molecule has 1 fully saturated rings. The van der Waals surface area contributed by atoms with Crippen molar-refractivity contribution in [3.8, 4) is 0 Å². The Balaban J connectivity index is 2.41. The number of methoxy groups -OCH3 is 2. The van der Waals surface area contributed by atoms with E-state index >= 15 is 0 Å². The zero-order valence-corrected chi connectivity index (χ0v) is 18.0. The molecular formula is C22H32N2O5. The number of nitro benzene ring substituents is 1. The van der Waals surface area contributed by atoms with Crippen LogP contribution in [0.5, 0.6) is 0 Å². The molecule has 7 nitrogen and oxygen atoms in total. The van der Waals surface area contributed by atoms with Crippen LogP contribution < -0.4 is 4.90 Å². The maximum atomic E-state index is 11.9. The van der Waals surface area contributed by atoms with E-state index in [9.17, 15) is 14.9 Å². The molecule has 0 heterocycles. The van der Waals surface area contributed by atoms with Crippen molar-refractivity contribution in [1.82, 2.24) is 0 Å². The zero-order valence-electron chi connectivity index (χ0n) is 18.0. The maximum absolute atomic E-state index is 11.9. The second-order valence-electron chi connectivity index (χ2n) is 8.02. The number of hydrogen-bond donors (Lipinski definition) is 0. The lowest BCUT2D eigenvalue weighted by Crippen LogP contribution is -2.41. The molecule has 1 aliphatic rings. The first-order valence-corrected chi connectivity index (χ1v) is 10.1. The summed E-state index contributed by atoms with van der Waals surface area (Å²) in [5.74, 6) is -0.110. The van der Waals surface area contributed by atoms with E-state index in [1.165, 1.54) is 13.2 Å². The molecular weight excluding hydrogens is 372 g/mol.